The highest BCUT2D eigenvalue weighted by Crippen LogP contribution is 2.28. The van der Waals surface area contributed by atoms with E-state index in [0.717, 1.165) is 13.1 Å². The number of carbonyl (C=O) groups excluding carboxylic acids is 1. The van der Waals surface area contributed by atoms with Crippen LogP contribution in [0.5, 0.6) is 11.5 Å². The van der Waals surface area contributed by atoms with Crippen LogP contribution in [0.4, 0.5) is 10.3 Å². The van der Waals surface area contributed by atoms with Gasteiger partial charge in [0, 0.05) is 13.1 Å². The number of aromatic hydroxyl groups is 1. The summed E-state index contributed by atoms with van der Waals surface area (Å²) < 4.78 is 10.6. The Balaban J connectivity index is 1.72. The van der Waals surface area contributed by atoms with Crippen LogP contribution in [0, 0.1) is 11.3 Å². The molecule has 2 heterocycles. The number of morpholine rings is 1. The quantitative estimate of drug-likeness (QED) is 0.557. The highest BCUT2D eigenvalue weighted by Gasteiger charge is 2.18. The van der Waals surface area contributed by atoms with E-state index in [2.05, 4.69) is 15.5 Å². The van der Waals surface area contributed by atoms with E-state index in [1.165, 1.54) is 23.5 Å². The minimum absolute atomic E-state index is 0.00791. The maximum atomic E-state index is 12.4. The van der Waals surface area contributed by atoms with Gasteiger partial charge in [-0.05, 0) is 30.7 Å². The minimum atomic E-state index is -0.585. The largest absolute Gasteiger partial charge is 0.504 e. The van der Waals surface area contributed by atoms with Gasteiger partial charge in [-0.2, -0.15) is 5.26 Å². The molecule has 1 amide bonds. The van der Waals surface area contributed by atoms with E-state index in [1.54, 1.807) is 19.1 Å². The molecule has 9 nitrogen and oxygen atoms in total. The van der Waals surface area contributed by atoms with Crippen molar-refractivity contribution in [1.29, 1.82) is 5.26 Å². The van der Waals surface area contributed by atoms with Gasteiger partial charge in [0.1, 0.15) is 11.6 Å². The second-order valence-corrected chi connectivity index (χ2v) is 6.73. The lowest BCUT2D eigenvalue weighted by Gasteiger charge is -2.25. The fourth-order valence-corrected chi connectivity index (χ4v) is 3.31. The van der Waals surface area contributed by atoms with Crippen LogP contribution in [0.2, 0.25) is 0 Å². The van der Waals surface area contributed by atoms with E-state index in [4.69, 9.17) is 9.47 Å². The van der Waals surface area contributed by atoms with E-state index in [-0.39, 0.29) is 17.1 Å². The summed E-state index contributed by atoms with van der Waals surface area (Å²) in [5.41, 5.74) is 0.454. The number of nitrogens with zero attached hydrogens (tertiary/aromatic N) is 4. The molecule has 0 radical (unpaired) electrons. The Morgan fingerprint density at radius 2 is 2.25 bits per heavy atom. The Hall–Kier alpha value is -3.16. The Labute approximate surface area is 165 Å². The molecule has 0 spiro atoms. The number of nitrogens with one attached hydrogen (secondary N) is 1. The van der Waals surface area contributed by atoms with E-state index in [0.29, 0.717) is 35.6 Å². The lowest BCUT2D eigenvalue weighted by Crippen LogP contribution is -2.36. The molecule has 0 atom stereocenters. The van der Waals surface area contributed by atoms with Gasteiger partial charge in [0.15, 0.2) is 11.5 Å². The third-order valence-corrected chi connectivity index (χ3v) is 4.78. The van der Waals surface area contributed by atoms with Crippen LogP contribution >= 0.6 is 11.3 Å². The number of nitriles is 1. The van der Waals surface area contributed by atoms with Crippen molar-refractivity contribution in [3.63, 3.8) is 0 Å². The number of phenolic OH excluding ortho intramolecular Hbond substituents is 1. The Morgan fingerprint density at radius 1 is 1.46 bits per heavy atom. The first-order valence-electron chi connectivity index (χ1n) is 8.66. The van der Waals surface area contributed by atoms with Crippen LogP contribution in [-0.2, 0) is 9.53 Å². The summed E-state index contributed by atoms with van der Waals surface area (Å²) >= 11 is 1.24. The summed E-state index contributed by atoms with van der Waals surface area (Å²) in [6.45, 7) is 4.86. The first-order chi connectivity index (χ1) is 13.6. The third kappa shape index (κ3) is 4.76. The van der Waals surface area contributed by atoms with Gasteiger partial charge < -0.3 is 19.5 Å². The molecular weight excluding hydrogens is 382 g/mol. The molecule has 0 bridgehead atoms. The second kappa shape index (κ2) is 9.16. The lowest BCUT2D eigenvalue weighted by molar-refractivity contribution is -0.112. The van der Waals surface area contributed by atoms with Crippen molar-refractivity contribution in [2.24, 2.45) is 0 Å². The number of hydrogen-bond donors (Lipinski definition) is 2. The number of rotatable bonds is 6. The fourth-order valence-electron chi connectivity index (χ4n) is 2.52. The smallest absolute Gasteiger partial charge is 0.268 e. The molecular formula is C18H19N5O4S. The molecule has 1 fully saturated rings. The van der Waals surface area contributed by atoms with Gasteiger partial charge in [-0.3, -0.25) is 10.1 Å². The van der Waals surface area contributed by atoms with Crippen LogP contribution in [-0.4, -0.2) is 54.1 Å². The first kappa shape index (κ1) is 19.6. The maximum absolute atomic E-state index is 12.4. The molecule has 1 aliphatic rings. The summed E-state index contributed by atoms with van der Waals surface area (Å²) in [4.78, 5) is 14.5. The monoisotopic (exact) mass is 401 g/mol. The number of hydrogen-bond acceptors (Lipinski definition) is 9. The molecule has 0 saturated carbocycles. The molecule has 3 rings (SSSR count). The molecule has 1 saturated heterocycles. The van der Waals surface area contributed by atoms with E-state index < -0.39 is 5.91 Å². The summed E-state index contributed by atoms with van der Waals surface area (Å²) in [5, 5.41) is 30.8. The van der Waals surface area contributed by atoms with Gasteiger partial charge in [0.25, 0.3) is 5.91 Å². The second-order valence-electron chi connectivity index (χ2n) is 5.77. The molecule has 146 valence electrons. The van der Waals surface area contributed by atoms with Crippen molar-refractivity contribution in [2.75, 3.05) is 43.1 Å². The highest BCUT2D eigenvalue weighted by molar-refractivity contribution is 7.19. The van der Waals surface area contributed by atoms with Crippen molar-refractivity contribution in [1.82, 2.24) is 10.2 Å². The average Bonchev–Trinajstić information content (AvgIpc) is 3.17. The minimum Gasteiger partial charge on any atom is -0.504 e. The summed E-state index contributed by atoms with van der Waals surface area (Å²) in [6, 6.07) is 6.48. The molecule has 28 heavy (non-hydrogen) atoms. The van der Waals surface area contributed by atoms with Crippen molar-refractivity contribution < 1.29 is 19.4 Å². The van der Waals surface area contributed by atoms with Crippen molar-refractivity contribution >= 4 is 33.6 Å². The number of amides is 1. The Morgan fingerprint density at radius 3 is 2.96 bits per heavy atom. The Kier molecular flexibility index (Phi) is 6.41. The summed E-state index contributed by atoms with van der Waals surface area (Å²) in [7, 11) is 0. The van der Waals surface area contributed by atoms with Gasteiger partial charge in [0.05, 0.1) is 19.8 Å². The number of benzene rings is 1. The zero-order valence-corrected chi connectivity index (χ0v) is 16.0. The molecule has 1 aliphatic heterocycles. The topological polar surface area (TPSA) is 121 Å². The number of ether oxygens (including phenoxy) is 2. The van der Waals surface area contributed by atoms with E-state index in [9.17, 15) is 15.2 Å². The van der Waals surface area contributed by atoms with Gasteiger partial charge in [0.2, 0.25) is 10.3 Å². The van der Waals surface area contributed by atoms with Gasteiger partial charge in [-0.25, -0.2) is 0 Å². The Bertz CT molecular complexity index is 915. The number of phenols is 1. The average molecular weight is 401 g/mol. The molecule has 1 aromatic heterocycles. The van der Waals surface area contributed by atoms with Crippen LogP contribution < -0.4 is 15.0 Å². The normalized spacial score (nSPS) is 14.4. The standard InChI is InChI=1S/C18H19N5O4S/c1-2-27-15-10-12(3-4-14(15)24)9-13(11-19)16(25)20-17-21-22-18(28-17)23-5-7-26-8-6-23/h3-4,9-10,24H,2,5-8H2,1H3,(H,20,21,25)/b13-9-. The summed E-state index contributed by atoms with van der Waals surface area (Å²) in [6.07, 6.45) is 1.42. The number of anilines is 2. The van der Waals surface area contributed by atoms with Crippen LogP contribution in [0.15, 0.2) is 23.8 Å². The van der Waals surface area contributed by atoms with Crippen LogP contribution in [0.25, 0.3) is 6.08 Å². The SMILES string of the molecule is CCOc1cc(/C=C(/C#N)C(=O)Nc2nnc(N3CCOCC3)s2)ccc1O. The predicted octanol–water partition coefficient (Wildman–Crippen LogP) is 2.02. The maximum Gasteiger partial charge on any atom is 0.268 e. The summed E-state index contributed by atoms with van der Waals surface area (Å²) in [5.74, 6) is -0.308. The van der Waals surface area contributed by atoms with Gasteiger partial charge in [-0.15, -0.1) is 10.2 Å². The fraction of sp³-hybridized carbons (Fsp3) is 0.333. The zero-order chi connectivity index (χ0) is 19.9. The van der Waals surface area contributed by atoms with Crippen molar-refractivity contribution in [3.8, 4) is 17.6 Å². The van der Waals surface area contributed by atoms with E-state index >= 15 is 0 Å². The molecule has 0 unspecified atom stereocenters. The van der Waals surface area contributed by atoms with Crippen LogP contribution in [0.1, 0.15) is 12.5 Å². The highest BCUT2D eigenvalue weighted by atomic mass is 32.1. The predicted molar refractivity (Wildman–Crippen MR) is 104 cm³/mol. The van der Waals surface area contributed by atoms with Gasteiger partial charge >= 0.3 is 0 Å². The first-order valence-corrected chi connectivity index (χ1v) is 9.47. The lowest BCUT2D eigenvalue weighted by atomic mass is 10.1. The molecule has 1 aromatic carbocycles. The molecule has 0 aliphatic carbocycles. The van der Waals surface area contributed by atoms with E-state index in [1.807, 2.05) is 11.0 Å². The van der Waals surface area contributed by atoms with Crippen molar-refractivity contribution in [2.45, 2.75) is 6.92 Å². The molecule has 10 heteroatoms. The number of aromatic nitrogens is 2. The molecule has 2 aromatic rings. The zero-order valence-electron chi connectivity index (χ0n) is 15.2. The number of carbonyl (C=O) groups is 1. The van der Waals surface area contributed by atoms with Crippen LogP contribution in [0.3, 0.4) is 0 Å². The molecule has 2 N–H and O–H groups in total. The van der Waals surface area contributed by atoms with Crippen molar-refractivity contribution in [3.05, 3.63) is 29.3 Å². The van der Waals surface area contributed by atoms with Gasteiger partial charge in [-0.1, -0.05) is 17.4 Å². The third-order valence-electron chi connectivity index (χ3n) is 3.88.